The Labute approximate surface area is 187 Å². The fourth-order valence-corrected chi connectivity index (χ4v) is 5.65. The van der Waals surface area contributed by atoms with Crippen LogP contribution >= 0.6 is 0 Å². The van der Waals surface area contributed by atoms with Gasteiger partial charge in [-0.3, -0.25) is 4.79 Å². The molecule has 1 N–H and O–H groups in total. The summed E-state index contributed by atoms with van der Waals surface area (Å²) in [6.45, 7) is 1.09. The number of piperidine rings is 1. The minimum Gasteiger partial charge on any atom is -0.460 e. The molecule has 0 atom stereocenters. The van der Waals surface area contributed by atoms with Gasteiger partial charge >= 0.3 is 6.01 Å². The number of carbonyl (C=O) groups excluding carboxylic acids is 1. The van der Waals surface area contributed by atoms with Gasteiger partial charge in [-0.05, 0) is 62.8 Å². The van der Waals surface area contributed by atoms with E-state index in [1.165, 1.54) is 16.4 Å². The average Bonchev–Trinajstić information content (AvgIpc) is 2.82. The molecule has 172 valence electrons. The van der Waals surface area contributed by atoms with Gasteiger partial charge in [-0.15, -0.1) is 0 Å². The zero-order chi connectivity index (χ0) is 22.6. The van der Waals surface area contributed by atoms with Gasteiger partial charge in [-0.25, -0.2) is 22.8 Å². The van der Waals surface area contributed by atoms with Crippen molar-refractivity contribution in [2.24, 2.45) is 0 Å². The first kappa shape index (κ1) is 22.6. The molecule has 32 heavy (non-hydrogen) atoms. The maximum absolute atomic E-state index is 12.9. The summed E-state index contributed by atoms with van der Waals surface area (Å²) in [6.07, 6.45) is 7.78. The number of hydrogen-bond acceptors (Lipinski definition) is 6. The molecule has 1 saturated heterocycles. The van der Waals surface area contributed by atoms with Crippen molar-refractivity contribution in [2.75, 3.05) is 13.1 Å². The van der Waals surface area contributed by atoms with Crippen molar-refractivity contribution in [1.82, 2.24) is 19.6 Å². The van der Waals surface area contributed by atoms with E-state index in [1.807, 2.05) is 0 Å². The van der Waals surface area contributed by atoms with E-state index < -0.39 is 15.8 Å². The summed E-state index contributed by atoms with van der Waals surface area (Å²) in [5, 5.41) is 3.01. The van der Waals surface area contributed by atoms with Gasteiger partial charge in [-0.1, -0.05) is 6.42 Å². The minimum atomic E-state index is -3.51. The molecule has 2 fully saturated rings. The zero-order valence-corrected chi connectivity index (χ0v) is 18.6. The molecule has 0 unspecified atom stereocenters. The Bertz CT molecular complexity index is 1020. The number of nitrogens with one attached hydrogen (secondary N) is 1. The number of hydrogen-bond donors (Lipinski definition) is 1. The Hall–Kier alpha value is -2.59. The number of halogens is 1. The molecule has 4 rings (SSSR count). The molecule has 1 aromatic carbocycles. The lowest BCUT2D eigenvalue weighted by Crippen LogP contribution is -2.39. The largest absolute Gasteiger partial charge is 0.460 e. The zero-order valence-electron chi connectivity index (χ0n) is 17.7. The van der Waals surface area contributed by atoms with Crippen LogP contribution in [0.4, 0.5) is 4.39 Å². The van der Waals surface area contributed by atoms with E-state index in [9.17, 15) is 17.6 Å². The summed E-state index contributed by atoms with van der Waals surface area (Å²) in [4.78, 5) is 20.5. The van der Waals surface area contributed by atoms with Crippen molar-refractivity contribution in [3.05, 3.63) is 48.0 Å². The summed E-state index contributed by atoms with van der Waals surface area (Å²) >= 11 is 0. The molecule has 2 aromatic rings. The molecule has 1 amide bonds. The highest BCUT2D eigenvalue weighted by Gasteiger charge is 2.27. The van der Waals surface area contributed by atoms with E-state index in [2.05, 4.69) is 15.3 Å². The number of amides is 1. The molecule has 1 saturated carbocycles. The van der Waals surface area contributed by atoms with Crippen LogP contribution in [0.5, 0.6) is 6.01 Å². The third-order valence-corrected chi connectivity index (χ3v) is 7.86. The normalized spacial score (nSPS) is 22.3. The van der Waals surface area contributed by atoms with E-state index in [0.717, 1.165) is 57.3 Å². The fraction of sp³-hybridized carbons (Fsp3) is 0.500. The van der Waals surface area contributed by atoms with Crippen molar-refractivity contribution >= 4 is 15.9 Å². The Kier molecular flexibility index (Phi) is 7.00. The summed E-state index contributed by atoms with van der Waals surface area (Å²) < 4.78 is 45.6. The number of benzene rings is 1. The number of rotatable bonds is 6. The van der Waals surface area contributed by atoms with Gasteiger partial charge in [-0.2, -0.15) is 4.31 Å². The molecule has 2 heterocycles. The number of carbonyl (C=O) groups is 1. The predicted octanol–water partition coefficient (Wildman–Crippen LogP) is 2.91. The van der Waals surface area contributed by atoms with Gasteiger partial charge in [0.15, 0.2) is 5.82 Å². The Morgan fingerprint density at radius 3 is 2.25 bits per heavy atom. The van der Waals surface area contributed by atoms with E-state index in [1.54, 1.807) is 12.1 Å². The fourth-order valence-electron chi connectivity index (χ4n) is 4.14. The lowest BCUT2D eigenvalue weighted by molar-refractivity contribution is 0.0885. The topological polar surface area (TPSA) is 101 Å². The van der Waals surface area contributed by atoms with Gasteiger partial charge in [0.25, 0.3) is 5.91 Å². The molecule has 10 heteroatoms. The number of sulfonamides is 1. The first-order valence-corrected chi connectivity index (χ1v) is 12.4. The molecule has 1 aliphatic heterocycles. The van der Waals surface area contributed by atoms with Crippen molar-refractivity contribution in [1.29, 1.82) is 0 Å². The van der Waals surface area contributed by atoms with Crippen LogP contribution in [0.25, 0.3) is 0 Å². The Morgan fingerprint density at radius 2 is 1.62 bits per heavy atom. The predicted molar refractivity (Wildman–Crippen MR) is 115 cm³/mol. The molecular weight excluding hydrogens is 435 g/mol. The maximum Gasteiger partial charge on any atom is 0.316 e. The van der Waals surface area contributed by atoms with Crippen LogP contribution in [-0.4, -0.2) is 53.8 Å². The molecule has 8 nitrogen and oxygen atoms in total. The third-order valence-electron chi connectivity index (χ3n) is 5.95. The molecule has 0 spiro atoms. The minimum absolute atomic E-state index is 0.00763. The number of aromatic nitrogens is 2. The van der Waals surface area contributed by atoms with Crippen LogP contribution in [0, 0.1) is 5.82 Å². The summed E-state index contributed by atoms with van der Waals surface area (Å²) in [5.74, 6) is -0.737. The van der Waals surface area contributed by atoms with E-state index >= 15 is 0 Å². The molecule has 0 bridgehead atoms. The summed E-state index contributed by atoms with van der Waals surface area (Å²) in [5.41, 5.74) is 0.431. The van der Waals surface area contributed by atoms with Gasteiger partial charge in [0, 0.05) is 24.7 Å². The first-order valence-electron chi connectivity index (χ1n) is 11.0. The van der Waals surface area contributed by atoms with Crippen molar-refractivity contribution in [2.45, 2.75) is 62.0 Å². The van der Waals surface area contributed by atoms with Crippen LogP contribution in [0.3, 0.4) is 0 Å². The molecule has 2 aliphatic rings. The van der Waals surface area contributed by atoms with Gasteiger partial charge in [0.05, 0.1) is 17.3 Å². The second-order valence-corrected chi connectivity index (χ2v) is 10.2. The SMILES string of the molecule is O=C(NC1CCC(Oc2ncc(F)cn2)CC1)c1ccc(S(=O)(=O)N2CCCCC2)cc1. The quantitative estimate of drug-likeness (QED) is 0.708. The van der Waals surface area contributed by atoms with Crippen LogP contribution in [0.2, 0.25) is 0 Å². The first-order chi connectivity index (χ1) is 15.4. The van der Waals surface area contributed by atoms with Crippen molar-refractivity contribution in [3.63, 3.8) is 0 Å². The van der Waals surface area contributed by atoms with Gasteiger partial charge < -0.3 is 10.1 Å². The lowest BCUT2D eigenvalue weighted by atomic mass is 9.92. The highest BCUT2D eigenvalue weighted by atomic mass is 32.2. The highest BCUT2D eigenvalue weighted by molar-refractivity contribution is 7.89. The monoisotopic (exact) mass is 462 g/mol. The van der Waals surface area contributed by atoms with Gasteiger partial charge in [0.1, 0.15) is 6.10 Å². The van der Waals surface area contributed by atoms with Crippen LogP contribution < -0.4 is 10.1 Å². The molecule has 0 radical (unpaired) electrons. The number of ether oxygens (including phenoxy) is 1. The van der Waals surface area contributed by atoms with Crippen LogP contribution in [0.1, 0.15) is 55.3 Å². The molecule has 1 aromatic heterocycles. The average molecular weight is 463 g/mol. The van der Waals surface area contributed by atoms with Crippen LogP contribution in [0.15, 0.2) is 41.6 Å². The highest BCUT2D eigenvalue weighted by Crippen LogP contribution is 2.23. The van der Waals surface area contributed by atoms with Crippen molar-refractivity contribution < 1.29 is 22.3 Å². The molecule has 1 aliphatic carbocycles. The second kappa shape index (κ2) is 9.91. The molecular formula is C22H27FN4O4S. The smallest absolute Gasteiger partial charge is 0.316 e. The van der Waals surface area contributed by atoms with Crippen molar-refractivity contribution in [3.8, 4) is 6.01 Å². The standard InChI is InChI=1S/C22H27FN4O4S/c23-17-14-24-22(25-15-17)31-19-8-6-18(7-9-19)26-21(28)16-4-10-20(11-5-16)32(29,30)27-12-2-1-3-13-27/h4-5,10-11,14-15,18-19H,1-3,6-9,12-13H2,(H,26,28). The number of nitrogens with zero attached hydrogens (tertiary/aromatic N) is 3. The summed E-state index contributed by atoms with van der Waals surface area (Å²) in [6, 6.07) is 6.30. The van der Waals surface area contributed by atoms with E-state index in [-0.39, 0.29) is 29.0 Å². The lowest BCUT2D eigenvalue weighted by Gasteiger charge is -2.29. The Balaban J connectivity index is 1.28. The second-order valence-electron chi connectivity index (χ2n) is 8.24. The third kappa shape index (κ3) is 5.42. The summed E-state index contributed by atoms with van der Waals surface area (Å²) in [7, 11) is -3.51. The van der Waals surface area contributed by atoms with E-state index in [4.69, 9.17) is 4.74 Å². The maximum atomic E-state index is 12.9. The van der Waals surface area contributed by atoms with Gasteiger partial charge in [0.2, 0.25) is 10.0 Å². The Morgan fingerprint density at radius 1 is 1.00 bits per heavy atom. The van der Waals surface area contributed by atoms with E-state index in [0.29, 0.717) is 18.7 Å². The van der Waals surface area contributed by atoms with Crippen LogP contribution in [-0.2, 0) is 10.0 Å².